The van der Waals surface area contributed by atoms with Gasteiger partial charge in [0.05, 0.1) is 42.3 Å². The van der Waals surface area contributed by atoms with Crippen LogP contribution in [0.4, 0.5) is 5.82 Å². The predicted octanol–water partition coefficient (Wildman–Crippen LogP) is 6.34. The first-order valence-corrected chi connectivity index (χ1v) is 15.1. The van der Waals surface area contributed by atoms with E-state index in [9.17, 15) is 9.59 Å². The maximum Gasteiger partial charge on any atom is 0.240 e. The van der Waals surface area contributed by atoms with E-state index in [-0.39, 0.29) is 35.9 Å². The molecule has 0 spiro atoms. The van der Waals surface area contributed by atoms with Crippen molar-refractivity contribution in [3.05, 3.63) is 106 Å². The molecular formula is C30H25ClN4O4S2. The fraction of sp³-hybridized carbons (Fsp3) is 0.167. The second-order valence-corrected chi connectivity index (χ2v) is 11.8. The molecule has 0 saturated heterocycles. The van der Waals surface area contributed by atoms with Crippen LogP contribution in [0.25, 0.3) is 16.9 Å². The van der Waals surface area contributed by atoms with E-state index < -0.39 is 0 Å². The molecule has 1 N–H and O–H groups in total. The molecule has 6 rings (SSSR count). The summed E-state index contributed by atoms with van der Waals surface area (Å²) in [6.45, 7) is 0.0488. The highest BCUT2D eigenvalue weighted by Crippen LogP contribution is 2.49. The lowest BCUT2D eigenvalue weighted by atomic mass is 10.0. The summed E-state index contributed by atoms with van der Waals surface area (Å²) in [6.07, 6.45) is 1.56. The van der Waals surface area contributed by atoms with E-state index in [1.165, 1.54) is 11.8 Å². The Kier molecular flexibility index (Phi) is 7.86. The second-order valence-electron chi connectivity index (χ2n) is 9.25. The first-order chi connectivity index (χ1) is 20.0. The minimum atomic E-state index is -0.309. The van der Waals surface area contributed by atoms with E-state index in [0.29, 0.717) is 28.0 Å². The minimum Gasteiger partial charge on any atom is -0.497 e. The van der Waals surface area contributed by atoms with Gasteiger partial charge in [0.25, 0.3) is 0 Å². The fourth-order valence-corrected chi connectivity index (χ4v) is 7.01. The maximum absolute atomic E-state index is 13.8. The zero-order chi connectivity index (χ0) is 28.3. The lowest BCUT2D eigenvalue weighted by molar-refractivity contribution is -0.123. The minimum absolute atomic E-state index is 0.174. The van der Waals surface area contributed by atoms with Crippen LogP contribution in [0.5, 0.6) is 5.75 Å². The van der Waals surface area contributed by atoms with Crippen LogP contribution in [0, 0.1) is 0 Å². The van der Waals surface area contributed by atoms with E-state index in [2.05, 4.69) is 11.4 Å². The summed E-state index contributed by atoms with van der Waals surface area (Å²) < 4.78 is 12.5. The van der Waals surface area contributed by atoms with Crippen molar-refractivity contribution in [3.8, 4) is 22.7 Å². The van der Waals surface area contributed by atoms with Gasteiger partial charge >= 0.3 is 0 Å². The predicted molar refractivity (Wildman–Crippen MR) is 162 cm³/mol. The van der Waals surface area contributed by atoms with Crippen LogP contribution in [0.15, 0.2) is 88.9 Å². The number of rotatable bonds is 8. The number of thiophene rings is 1. The lowest BCUT2D eigenvalue weighted by Gasteiger charge is -2.23. The molecule has 1 atom stereocenters. The highest BCUT2D eigenvalue weighted by molar-refractivity contribution is 8.00. The number of aromatic nitrogens is 2. The van der Waals surface area contributed by atoms with Crippen molar-refractivity contribution in [3.63, 3.8) is 0 Å². The number of carbonyl (C=O) groups is 2. The van der Waals surface area contributed by atoms with Crippen molar-refractivity contribution >= 4 is 52.3 Å². The zero-order valence-corrected chi connectivity index (χ0v) is 24.3. The first-order valence-electron chi connectivity index (χ1n) is 12.8. The van der Waals surface area contributed by atoms with Crippen molar-refractivity contribution in [1.29, 1.82) is 0 Å². The molecule has 0 bridgehead atoms. The van der Waals surface area contributed by atoms with Gasteiger partial charge in [0.2, 0.25) is 11.8 Å². The third-order valence-corrected chi connectivity index (χ3v) is 9.24. The number of fused-ring (bicyclic) bond motifs is 1. The van der Waals surface area contributed by atoms with Gasteiger partial charge in [-0.25, -0.2) is 4.68 Å². The molecule has 8 nitrogen and oxygen atoms in total. The van der Waals surface area contributed by atoms with Crippen LogP contribution >= 0.6 is 34.7 Å². The number of thioether (sulfide) groups is 1. The Hall–Kier alpha value is -3.99. The highest BCUT2D eigenvalue weighted by atomic mass is 35.5. The van der Waals surface area contributed by atoms with E-state index in [1.807, 2.05) is 60.0 Å². The van der Waals surface area contributed by atoms with Crippen molar-refractivity contribution in [2.75, 3.05) is 24.3 Å². The van der Waals surface area contributed by atoms with Gasteiger partial charge in [-0.15, -0.1) is 23.1 Å². The van der Waals surface area contributed by atoms with Crippen LogP contribution < -0.4 is 15.0 Å². The number of anilines is 1. The third-order valence-electron chi connectivity index (χ3n) is 6.67. The number of hydrogen-bond acceptors (Lipinski definition) is 7. The van der Waals surface area contributed by atoms with Gasteiger partial charge in [0.15, 0.2) is 0 Å². The number of furan rings is 1. The number of carbonyl (C=O) groups excluding carboxylic acids is 2. The molecule has 4 heterocycles. The van der Waals surface area contributed by atoms with Crippen LogP contribution in [0.1, 0.15) is 21.5 Å². The quantitative estimate of drug-likeness (QED) is 0.222. The monoisotopic (exact) mass is 604 g/mol. The summed E-state index contributed by atoms with van der Waals surface area (Å²) in [5, 5.41) is 10.4. The molecule has 0 fully saturated rings. The second kappa shape index (κ2) is 11.9. The summed E-state index contributed by atoms with van der Waals surface area (Å²) in [4.78, 5) is 29.6. The molecule has 5 aromatic rings. The van der Waals surface area contributed by atoms with Crippen LogP contribution in [-0.2, 0) is 16.1 Å². The zero-order valence-electron chi connectivity index (χ0n) is 22.0. The lowest BCUT2D eigenvalue weighted by Crippen LogP contribution is -2.42. The molecule has 1 aliphatic rings. The number of methoxy groups -OCH3 is 1. The smallest absolute Gasteiger partial charge is 0.240 e. The van der Waals surface area contributed by atoms with Crippen molar-refractivity contribution in [2.45, 2.75) is 11.8 Å². The molecular weight excluding hydrogens is 580 g/mol. The average Bonchev–Trinajstić information content (AvgIpc) is 3.77. The SMILES string of the molecule is COc1ccc(-n2nc(-c3ccc(Cl)cc3)c3c2N(CC(=O)NCc2ccco2)C(=O)CS[C@H]3c2cccs2)cc1. The van der Waals surface area contributed by atoms with Gasteiger partial charge < -0.3 is 14.5 Å². The van der Waals surface area contributed by atoms with E-state index >= 15 is 0 Å². The number of amides is 2. The van der Waals surface area contributed by atoms with Crippen LogP contribution in [-0.4, -0.2) is 41.0 Å². The Labute approximate surface area is 249 Å². The molecule has 0 saturated carbocycles. The van der Waals surface area contributed by atoms with Crippen LogP contribution in [0.3, 0.4) is 0 Å². The average molecular weight is 605 g/mol. The number of nitrogens with zero attached hydrogens (tertiary/aromatic N) is 3. The molecule has 1 aliphatic heterocycles. The van der Waals surface area contributed by atoms with Gasteiger partial charge in [0, 0.05) is 21.0 Å². The number of ether oxygens (including phenoxy) is 1. The van der Waals surface area contributed by atoms with Crippen molar-refractivity contribution in [2.24, 2.45) is 0 Å². The largest absolute Gasteiger partial charge is 0.497 e. The summed E-state index contributed by atoms with van der Waals surface area (Å²) in [7, 11) is 1.61. The maximum atomic E-state index is 13.8. The van der Waals surface area contributed by atoms with Gasteiger partial charge in [0.1, 0.15) is 23.9 Å². The Morgan fingerprint density at radius 3 is 2.61 bits per heavy atom. The third kappa shape index (κ3) is 5.63. The number of hydrogen-bond donors (Lipinski definition) is 1. The van der Waals surface area contributed by atoms with Gasteiger partial charge in [-0.2, -0.15) is 5.10 Å². The summed E-state index contributed by atoms with van der Waals surface area (Å²) in [5.41, 5.74) is 3.17. The summed E-state index contributed by atoms with van der Waals surface area (Å²) in [6, 6.07) is 22.6. The highest BCUT2D eigenvalue weighted by Gasteiger charge is 2.38. The van der Waals surface area contributed by atoms with E-state index in [1.54, 1.807) is 46.4 Å². The number of benzene rings is 2. The Bertz CT molecular complexity index is 1650. The summed E-state index contributed by atoms with van der Waals surface area (Å²) in [5.74, 6) is 1.59. The van der Waals surface area contributed by atoms with Crippen molar-refractivity contribution in [1.82, 2.24) is 15.1 Å². The molecule has 0 radical (unpaired) electrons. The van der Waals surface area contributed by atoms with Crippen LogP contribution in [0.2, 0.25) is 5.02 Å². The molecule has 2 aromatic carbocycles. The molecule has 0 aliphatic carbocycles. The van der Waals surface area contributed by atoms with E-state index in [4.69, 9.17) is 25.9 Å². The molecule has 3 aromatic heterocycles. The van der Waals surface area contributed by atoms with Gasteiger partial charge in [-0.1, -0.05) is 29.8 Å². The van der Waals surface area contributed by atoms with Gasteiger partial charge in [-0.3, -0.25) is 14.5 Å². The molecule has 208 valence electrons. The standard InChI is InChI=1S/C30H25ClN4O4S2/c1-38-22-12-10-21(11-13-22)35-30-27(28(33-35)19-6-8-20(31)9-7-19)29(24-5-3-15-40-24)41-18-26(37)34(30)17-25(36)32-16-23-4-2-14-39-23/h2-15,29H,16-18H2,1H3,(H,32,36)/t29-/m0/s1. The number of halogens is 1. The first kappa shape index (κ1) is 27.2. The normalized spacial score (nSPS) is 14.9. The van der Waals surface area contributed by atoms with Gasteiger partial charge in [-0.05, 0) is 60.0 Å². The molecule has 11 heteroatoms. The molecule has 0 unspecified atom stereocenters. The number of nitrogens with one attached hydrogen (secondary N) is 1. The fourth-order valence-electron chi connectivity index (χ4n) is 4.71. The Morgan fingerprint density at radius 2 is 1.93 bits per heavy atom. The molecule has 2 amide bonds. The Morgan fingerprint density at radius 1 is 1.12 bits per heavy atom. The summed E-state index contributed by atoms with van der Waals surface area (Å²) >= 11 is 9.39. The topological polar surface area (TPSA) is 89.6 Å². The molecule has 41 heavy (non-hydrogen) atoms. The van der Waals surface area contributed by atoms with Crippen molar-refractivity contribution < 1.29 is 18.7 Å². The Balaban J connectivity index is 1.52. The van der Waals surface area contributed by atoms with E-state index in [0.717, 1.165) is 21.7 Å².